The van der Waals surface area contributed by atoms with Crippen molar-refractivity contribution in [2.45, 2.75) is 19.4 Å². The average Bonchev–Trinajstić information content (AvgIpc) is 3.07. The number of ether oxygens (including phenoxy) is 1. The zero-order valence-electron chi connectivity index (χ0n) is 15.3. The molecule has 1 fully saturated rings. The van der Waals surface area contributed by atoms with Gasteiger partial charge >= 0.3 is 0 Å². The lowest BCUT2D eigenvalue weighted by atomic mass is 10.0. The van der Waals surface area contributed by atoms with Crippen LogP contribution in [0.15, 0.2) is 23.2 Å². The topological polar surface area (TPSA) is 100 Å². The minimum absolute atomic E-state index is 0.122. The molecule has 1 aliphatic heterocycles. The van der Waals surface area contributed by atoms with Crippen LogP contribution in [0.5, 0.6) is 0 Å². The smallest absolute Gasteiger partial charge is 0.279 e. The molecule has 4 N–H and O–H groups in total. The molecule has 0 amide bonds. The maximum atomic E-state index is 10.0. The molecule has 0 aliphatic carbocycles. The normalized spacial score (nSPS) is 17.4. The number of aliphatic imine (C=N–C) groups is 1. The van der Waals surface area contributed by atoms with Crippen molar-refractivity contribution < 1.29 is 10.1 Å². The zero-order valence-corrected chi connectivity index (χ0v) is 17.6. The van der Waals surface area contributed by atoms with Crippen LogP contribution >= 0.6 is 34.5 Å². The van der Waals surface area contributed by atoms with E-state index < -0.39 is 0 Å². The number of hydrogen-bond acceptors (Lipinski definition) is 4. The molecule has 1 saturated heterocycles. The second kappa shape index (κ2) is 8.93. The van der Waals surface area contributed by atoms with Gasteiger partial charge in [0.1, 0.15) is 15.9 Å². The van der Waals surface area contributed by atoms with Gasteiger partial charge < -0.3 is 15.4 Å². The fourth-order valence-corrected chi connectivity index (χ4v) is 4.88. The summed E-state index contributed by atoms with van der Waals surface area (Å²) in [5.74, 6) is 0.233. The molecule has 1 aromatic carbocycles. The van der Waals surface area contributed by atoms with E-state index in [0.717, 1.165) is 17.8 Å². The summed E-state index contributed by atoms with van der Waals surface area (Å²) in [4.78, 5) is 6.84. The zero-order chi connectivity index (χ0) is 20.3. The molecule has 2 heterocycles. The van der Waals surface area contributed by atoms with Crippen LogP contribution in [0, 0.1) is 11.3 Å². The molecule has 6 nitrogen and oxygen atoms in total. The fraction of sp³-hybridized carbons (Fsp3) is 0.316. The molecule has 1 aromatic heterocycles. The predicted molar refractivity (Wildman–Crippen MR) is 115 cm³/mol. The third-order valence-electron chi connectivity index (χ3n) is 4.53. The average molecular weight is 437 g/mol. The van der Waals surface area contributed by atoms with Gasteiger partial charge in [0, 0.05) is 34.3 Å². The Balaban J connectivity index is 2.22. The van der Waals surface area contributed by atoms with Crippen molar-refractivity contribution >= 4 is 51.7 Å². The lowest BCUT2D eigenvalue weighted by Crippen LogP contribution is -2.42. The highest BCUT2D eigenvalue weighted by Gasteiger charge is 2.30. The fourth-order valence-electron chi connectivity index (χ4n) is 3.16. The van der Waals surface area contributed by atoms with Gasteiger partial charge in [-0.1, -0.05) is 36.2 Å². The standard InChI is InChI=1S/C19H19Cl2N5OS/c1-2-12-9-26(5-6-27-12)19-14(8-22)16(17(28-19)18(24)25-10-23)13-4-3-11(20)7-15(13)21/h3-4,7,10,12H,2,5-6,9H2,1H3,(H3,23,24,25)/p+1/t12-/m0/s1. The van der Waals surface area contributed by atoms with Crippen molar-refractivity contribution in [3.8, 4) is 17.2 Å². The quantitative estimate of drug-likeness (QED) is 0.555. The van der Waals surface area contributed by atoms with Crippen LogP contribution in [0.1, 0.15) is 23.8 Å². The lowest BCUT2D eigenvalue weighted by Gasteiger charge is -2.33. The van der Waals surface area contributed by atoms with Crippen molar-refractivity contribution in [3.05, 3.63) is 38.7 Å². The van der Waals surface area contributed by atoms with Gasteiger partial charge in [-0.2, -0.15) is 5.26 Å². The molecule has 0 saturated carbocycles. The second-order valence-corrected chi connectivity index (χ2v) is 8.08. The lowest BCUT2D eigenvalue weighted by molar-refractivity contribution is -0.106. The van der Waals surface area contributed by atoms with Gasteiger partial charge in [-0.15, -0.1) is 11.3 Å². The van der Waals surface area contributed by atoms with Gasteiger partial charge in [0.2, 0.25) is 0 Å². The Morgan fingerprint density at radius 2 is 2.32 bits per heavy atom. The predicted octanol–water partition coefficient (Wildman–Crippen LogP) is 2.70. The first kappa shape index (κ1) is 20.6. The number of morpholine rings is 1. The van der Waals surface area contributed by atoms with Gasteiger partial charge in [-0.05, 0) is 23.5 Å². The molecular weight excluding hydrogens is 417 g/mol. The van der Waals surface area contributed by atoms with Crippen LogP contribution in [0.2, 0.25) is 10.0 Å². The number of thiophene rings is 1. The minimum atomic E-state index is 0.122. The number of nitrogens with zero attached hydrogens (tertiary/aromatic N) is 3. The van der Waals surface area contributed by atoms with Crippen LogP contribution in [-0.4, -0.2) is 38.0 Å². The highest BCUT2D eigenvalue weighted by atomic mass is 35.5. The Labute approximate surface area is 177 Å². The minimum Gasteiger partial charge on any atom is -0.375 e. The maximum Gasteiger partial charge on any atom is 0.279 e. The third-order valence-corrected chi connectivity index (χ3v) is 6.35. The number of nitriles is 1. The van der Waals surface area contributed by atoms with E-state index in [4.69, 9.17) is 39.1 Å². The highest BCUT2D eigenvalue weighted by molar-refractivity contribution is 7.19. The first-order valence-electron chi connectivity index (χ1n) is 8.76. The van der Waals surface area contributed by atoms with Crippen LogP contribution in [0.3, 0.4) is 0 Å². The number of amidine groups is 1. The van der Waals surface area contributed by atoms with Gasteiger partial charge in [-0.25, -0.2) is 0 Å². The van der Waals surface area contributed by atoms with Crippen molar-refractivity contribution in [3.63, 3.8) is 0 Å². The summed E-state index contributed by atoms with van der Waals surface area (Å²) >= 11 is 13.9. The van der Waals surface area contributed by atoms with E-state index in [1.54, 1.807) is 18.2 Å². The van der Waals surface area contributed by atoms with E-state index in [9.17, 15) is 5.26 Å². The van der Waals surface area contributed by atoms with E-state index in [1.165, 1.54) is 11.3 Å². The van der Waals surface area contributed by atoms with Crippen LogP contribution in [0.4, 0.5) is 5.00 Å². The van der Waals surface area contributed by atoms with E-state index in [0.29, 0.717) is 51.3 Å². The molecule has 1 atom stereocenters. The summed E-state index contributed by atoms with van der Waals surface area (Å²) in [7, 11) is 0. The molecule has 9 heteroatoms. The molecule has 1 aliphatic rings. The summed E-state index contributed by atoms with van der Waals surface area (Å²) in [5, 5.41) is 17.2. The van der Waals surface area contributed by atoms with Crippen LogP contribution in [-0.2, 0) is 4.74 Å². The van der Waals surface area contributed by atoms with E-state index >= 15 is 0 Å². The van der Waals surface area contributed by atoms with Crippen molar-refractivity contribution in [2.24, 2.45) is 10.7 Å². The van der Waals surface area contributed by atoms with Crippen LogP contribution < -0.4 is 16.0 Å². The van der Waals surface area contributed by atoms with E-state index in [2.05, 4.69) is 22.9 Å². The Hall–Kier alpha value is -2.11. The summed E-state index contributed by atoms with van der Waals surface area (Å²) in [5.41, 5.74) is 8.00. The summed E-state index contributed by atoms with van der Waals surface area (Å²) < 4.78 is 5.77. The Bertz CT molecular complexity index is 966. The SMILES string of the molecule is CC[C@H]1CN(c2sc(C(N)=NC=[NH2+])c(-c3ccc(Cl)cc3Cl)c2C#N)CCO1. The molecule has 0 spiro atoms. The molecular formula is C19H20Cl2N5OS+. The Kier molecular flexibility index (Phi) is 6.57. The monoisotopic (exact) mass is 436 g/mol. The number of rotatable bonds is 5. The van der Waals surface area contributed by atoms with Crippen molar-refractivity contribution in [2.75, 3.05) is 24.6 Å². The van der Waals surface area contributed by atoms with Crippen molar-refractivity contribution in [1.29, 1.82) is 5.26 Å². The first-order valence-corrected chi connectivity index (χ1v) is 10.3. The van der Waals surface area contributed by atoms with Gasteiger partial charge in [0.05, 0.1) is 18.3 Å². The molecule has 3 rings (SSSR count). The number of hydrogen-bond donors (Lipinski definition) is 2. The largest absolute Gasteiger partial charge is 0.375 e. The molecule has 146 valence electrons. The summed E-state index contributed by atoms with van der Waals surface area (Å²) in [6, 6.07) is 7.50. The Morgan fingerprint density at radius 3 is 2.96 bits per heavy atom. The summed E-state index contributed by atoms with van der Waals surface area (Å²) in [6.45, 7) is 4.09. The third kappa shape index (κ3) is 4.01. The van der Waals surface area contributed by atoms with Gasteiger partial charge in [0.25, 0.3) is 12.2 Å². The van der Waals surface area contributed by atoms with Crippen LogP contribution in [0.25, 0.3) is 11.1 Å². The second-order valence-electron chi connectivity index (χ2n) is 6.23. The van der Waals surface area contributed by atoms with E-state index in [1.807, 2.05) is 0 Å². The van der Waals surface area contributed by atoms with Gasteiger partial charge in [-0.3, -0.25) is 5.41 Å². The molecule has 0 radical (unpaired) electrons. The molecule has 2 aromatic rings. The van der Waals surface area contributed by atoms with Crippen molar-refractivity contribution in [1.82, 2.24) is 0 Å². The van der Waals surface area contributed by atoms with Gasteiger partial charge in [0.15, 0.2) is 0 Å². The Morgan fingerprint density at radius 1 is 1.54 bits per heavy atom. The molecule has 0 unspecified atom stereocenters. The summed E-state index contributed by atoms with van der Waals surface area (Å²) in [6.07, 6.45) is 2.16. The maximum absolute atomic E-state index is 10.0. The molecule has 0 bridgehead atoms. The van der Waals surface area contributed by atoms with E-state index in [-0.39, 0.29) is 11.9 Å². The number of benzene rings is 1. The first-order chi connectivity index (χ1) is 13.5. The number of anilines is 1. The highest BCUT2D eigenvalue weighted by Crippen LogP contribution is 2.44. The number of halogens is 2. The molecule has 28 heavy (non-hydrogen) atoms. The number of nitrogens with two attached hydrogens (primary N) is 2.